The second-order valence-corrected chi connectivity index (χ2v) is 9.01. The van der Waals surface area contributed by atoms with Gasteiger partial charge in [-0.15, -0.1) is 11.3 Å². The summed E-state index contributed by atoms with van der Waals surface area (Å²) in [4.78, 5) is 14.1. The zero-order chi connectivity index (χ0) is 20.0. The average molecular weight is 421 g/mol. The van der Waals surface area contributed by atoms with Gasteiger partial charge < -0.3 is 9.88 Å². The van der Waals surface area contributed by atoms with Gasteiger partial charge in [0.15, 0.2) is 5.69 Å². The van der Waals surface area contributed by atoms with E-state index in [0.29, 0.717) is 28.2 Å². The van der Waals surface area contributed by atoms with E-state index in [2.05, 4.69) is 25.9 Å². The van der Waals surface area contributed by atoms with Crippen LogP contribution in [0.2, 0.25) is 0 Å². The number of hydrogen-bond acceptors (Lipinski definition) is 4. The van der Waals surface area contributed by atoms with Crippen molar-refractivity contribution in [3.05, 3.63) is 35.1 Å². The number of hydrogen-bond donors (Lipinski definition) is 1. The van der Waals surface area contributed by atoms with Gasteiger partial charge in [0.2, 0.25) is 0 Å². The maximum Gasteiger partial charge on any atom is 0.434 e. The molecule has 1 aliphatic heterocycles. The quantitative estimate of drug-likeness (QED) is 0.580. The summed E-state index contributed by atoms with van der Waals surface area (Å²) in [5, 5.41) is 2.30. The zero-order valence-electron chi connectivity index (χ0n) is 16.0. The first-order chi connectivity index (χ1) is 14.0. The highest BCUT2D eigenvalue weighted by Crippen LogP contribution is 2.39. The third-order valence-electron chi connectivity index (χ3n) is 6.40. The minimum atomic E-state index is -4.42. The third-order valence-corrected chi connectivity index (χ3v) is 7.28. The van der Waals surface area contributed by atoms with Crippen LogP contribution in [0.4, 0.5) is 13.2 Å². The highest BCUT2D eigenvalue weighted by Gasteiger charge is 2.34. The van der Waals surface area contributed by atoms with Gasteiger partial charge in [-0.25, -0.2) is 9.97 Å². The number of rotatable bonds is 3. The molecule has 0 unspecified atom stereocenters. The van der Waals surface area contributed by atoms with Crippen molar-refractivity contribution in [2.45, 2.75) is 56.7 Å². The Morgan fingerprint density at radius 2 is 1.86 bits per heavy atom. The number of aromatic amines is 1. The third kappa shape index (κ3) is 3.68. The Balaban J connectivity index is 1.38. The lowest BCUT2D eigenvalue weighted by Gasteiger charge is -2.34. The lowest BCUT2D eigenvalue weighted by molar-refractivity contribution is -0.140. The molecule has 4 nitrogen and oxygen atoms in total. The lowest BCUT2D eigenvalue weighted by Crippen LogP contribution is -2.35. The van der Waals surface area contributed by atoms with Crippen LogP contribution in [-0.2, 0) is 6.18 Å². The first-order valence-corrected chi connectivity index (χ1v) is 11.1. The number of nitrogens with zero attached hydrogens (tertiary/aromatic N) is 3. The summed E-state index contributed by atoms with van der Waals surface area (Å²) in [5.74, 6) is 0.468. The predicted octanol–water partition coefficient (Wildman–Crippen LogP) is 5.83. The number of alkyl halides is 3. The van der Waals surface area contributed by atoms with Gasteiger partial charge in [0.25, 0.3) is 0 Å². The molecule has 0 aromatic carbocycles. The highest BCUT2D eigenvalue weighted by atomic mass is 32.1. The van der Waals surface area contributed by atoms with Crippen LogP contribution in [0.3, 0.4) is 0 Å². The molecule has 1 N–H and O–H groups in total. The van der Waals surface area contributed by atoms with Gasteiger partial charge in [0, 0.05) is 34.8 Å². The van der Waals surface area contributed by atoms with Crippen molar-refractivity contribution in [3.63, 3.8) is 0 Å². The van der Waals surface area contributed by atoms with Gasteiger partial charge >= 0.3 is 6.18 Å². The summed E-state index contributed by atoms with van der Waals surface area (Å²) in [5.41, 5.74) is 1.74. The Bertz CT molecular complexity index is 995. The molecule has 0 spiro atoms. The summed E-state index contributed by atoms with van der Waals surface area (Å²) < 4.78 is 38.8. The molecule has 4 heterocycles. The normalized spacial score (nSPS) is 23.8. The van der Waals surface area contributed by atoms with Crippen LogP contribution < -0.4 is 0 Å². The van der Waals surface area contributed by atoms with E-state index in [-0.39, 0.29) is 0 Å². The number of aromatic nitrogens is 3. The molecule has 5 rings (SSSR count). The molecule has 1 saturated heterocycles. The first kappa shape index (κ1) is 19.1. The molecule has 3 aromatic rings. The van der Waals surface area contributed by atoms with Crippen LogP contribution in [0.5, 0.6) is 0 Å². The first-order valence-electron chi connectivity index (χ1n) is 10.2. The van der Waals surface area contributed by atoms with Crippen molar-refractivity contribution in [3.8, 4) is 10.6 Å². The largest absolute Gasteiger partial charge is 0.434 e. The fraction of sp³-hybridized carbons (Fsp3) is 0.524. The number of likely N-dealkylation sites (tertiary alicyclic amines) is 1. The zero-order valence-corrected chi connectivity index (χ0v) is 16.8. The predicted molar refractivity (Wildman–Crippen MR) is 108 cm³/mol. The molecule has 2 fully saturated rings. The van der Waals surface area contributed by atoms with Gasteiger partial charge in [-0.1, -0.05) is 0 Å². The van der Waals surface area contributed by atoms with Crippen molar-refractivity contribution in [1.82, 2.24) is 19.9 Å². The fourth-order valence-electron chi connectivity index (χ4n) is 4.83. The fourth-order valence-corrected chi connectivity index (χ4v) is 5.68. The van der Waals surface area contributed by atoms with Crippen molar-refractivity contribution >= 4 is 22.4 Å². The molecule has 8 heteroatoms. The van der Waals surface area contributed by atoms with Gasteiger partial charge in [-0.05, 0) is 69.2 Å². The molecule has 0 atom stereocenters. The Hall–Kier alpha value is -1.93. The van der Waals surface area contributed by atoms with Crippen LogP contribution in [0.1, 0.15) is 55.7 Å². The maximum absolute atomic E-state index is 12.9. The van der Waals surface area contributed by atoms with Crippen molar-refractivity contribution in [2.75, 3.05) is 13.1 Å². The molecule has 29 heavy (non-hydrogen) atoms. The smallest absolute Gasteiger partial charge is 0.345 e. The molecule has 2 aliphatic rings. The average Bonchev–Trinajstić information content (AvgIpc) is 3.46. The van der Waals surface area contributed by atoms with E-state index < -0.39 is 11.9 Å². The number of thiazole rings is 1. The van der Waals surface area contributed by atoms with Crippen molar-refractivity contribution < 1.29 is 13.2 Å². The van der Waals surface area contributed by atoms with Gasteiger partial charge in [0.1, 0.15) is 10.7 Å². The Morgan fingerprint density at radius 3 is 2.55 bits per heavy atom. The number of H-pyrrole nitrogens is 1. The van der Waals surface area contributed by atoms with Crippen molar-refractivity contribution in [2.24, 2.45) is 0 Å². The number of nitrogens with one attached hydrogen (secondary N) is 1. The molecule has 0 amide bonds. The number of fused-ring (bicyclic) bond motifs is 1. The minimum absolute atomic E-state index is 0.375. The molecule has 1 aliphatic carbocycles. The summed E-state index contributed by atoms with van der Waals surface area (Å²) in [6, 6.07) is 2.81. The van der Waals surface area contributed by atoms with Crippen LogP contribution in [0.25, 0.3) is 21.6 Å². The van der Waals surface area contributed by atoms with E-state index in [1.807, 2.05) is 6.20 Å². The SMILES string of the molecule is FC(F)(F)c1csc(-c2c[nH]c3ncc([C@H]4CC[C@H](N5CCCC5)CC4)cc23)n1. The molecule has 1 saturated carbocycles. The van der Waals surface area contributed by atoms with Gasteiger partial charge in [0.05, 0.1) is 0 Å². The van der Waals surface area contributed by atoms with Crippen LogP contribution >= 0.6 is 11.3 Å². The van der Waals surface area contributed by atoms with E-state index in [1.54, 1.807) is 6.20 Å². The van der Waals surface area contributed by atoms with Crippen molar-refractivity contribution in [1.29, 1.82) is 0 Å². The second kappa shape index (κ2) is 7.40. The van der Waals surface area contributed by atoms with E-state index in [9.17, 15) is 13.2 Å². The number of halogens is 3. The second-order valence-electron chi connectivity index (χ2n) is 8.15. The topological polar surface area (TPSA) is 44.8 Å². The summed E-state index contributed by atoms with van der Waals surface area (Å²) >= 11 is 1.02. The molecular formula is C21H23F3N4S. The highest BCUT2D eigenvalue weighted by molar-refractivity contribution is 7.13. The van der Waals surface area contributed by atoms with E-state index >= 15 is 0 Å². The lowest BCUT2D eigenvalue weighted by atomic mass is 9.81. The standard InChI is InChI=1S/C21H23F3N4S/c22-21(23,24)18-12-29-20(27-18)17-11-26-19-16(17)9-14(10-25-19)13-3-5-15(6-4-13)28-7-1-2-8-28/h9-13,15H,1-8H2,(H,25,26)/t13-,15-. The Labute approximate surface area is 171 Å². The molecule has 154 valence electrons. The van der Waals surface area contributed by atoms with Crippen LogP contribution in [0, 0.1) is 0 Å². The molecular weight excluding hydrogens is 397 g/mol. The molecule has 3 aromatic heterocycles. The maximum atomic E-state index is 12.9. The summed E-state index contributed by atoms with van der Waals surface area (Å²) in [7, 11) is 0. The summed E-state index contributed by atoms with van der Waals surface area (Å²) in [6.45, 7) is 2.48. The van der Waals surface area contributed by atoms with Crippen LogP contribution in [0.15, 0.2) is 23.8 Å². The molecule has 0 bridgehead atoms. The monoisotopic (exact) mass is 420 g/mol. The molecule has 0 radical (unpaired) electrons. The Morgan fingerprint density at radius 1 is 1.10 bits per heavy atom. The van der Waals surface area contributed by atoms with E-state index in [1.165, 1.54) is 44.3 Å². The van der Waals surface area contributed by atoms with Gasteiger partial charge in [-0.3, -0.25) is 0 Å². The Kier molecular flexibility index (Phi) is 4.86. The van der Waals surface area contributed by atoms with E-state index in [0.717, 1.165) is 34.9 Å². The minimum Gasteiger partial charge on any atom is -0.345 e. The summed E-state index contributed by atoms with van der Waals surface area (Å²) in [6.07, 6.45) is 6.57. The van der Waals surface area contributed by atoms with Gasteiger partial charge in [-0.2, -0.15) is 13.2 Å². The van der Waals surface area contributed by atoms with Crippen LogP contribution in [-0.4, -0.2) is 39.0 Å². The number of pyridine rings is 1. The van der Waals surface area contributed by atoms with E-state index in [4.69, 9.17) is 0 Å².